The lowest BCUT2D eigenvalue weighted by Crippen LogP contribution is -2.28. The minimum atomic E-state index is -2.92. The average Bonchev–Trinajstić information content (AvgIpc) is 2.58. The van der Waals surface area contributed by atoms with Crippen molar-refractivity contribution in [3.8, 4) is 0 Å². The van der Waals surface area contributed by atoms with Gasteiger partial charge in [0, 0.05) is 45.2 Å². The number of nitrogens with two attached hydrogens (primary N) is 1. The summed E-state index contributed by atoms with van der Waals surface area (Å²) in [4.78, 5) is 22.1. The first-order chi connectivity index (χ1) is 12.4. The van der Waals surface area contributed by atoms with Crippen LogP contribution in [0.1, 0.15) is 13.8 Å². The number of likely N-dealkylation sites (N-methyl/N-ethyl adjacent to an activating group) is 1. The van der Waals surface area contributed by atoms with Gasteiger partial charge in [0.15, 0.2) is 4.31 Å². The predicted octanol–water partition coefficient (Wildman–Crippen LogP) is 2.87. The number of rotatable bonds is 8. The number of pyridine rings is 1. The minimum Gasteiger partial charge on any atom is -0.399 e. The van der Waals surface area contributed by atoms with Crippen molar-refractivity contribution in [2.75, 3.05) is 37.2 Å². The van der Waals surface area contributed by atoms with E-state index in [1.165, 1.54) is 0 Å². The minimum absolute atomic E-state index is 0.771. The summed E-state index contributed by atoms with van der Waals surface area (Å²) in [6.07, 6.45) is 1.83. The van der Waals surface area contributed by atoms with E-state index in [-0.39, 0.29) is 0 Å². The second-order valence-electron chi connectivity index (χ2n) is 5.15. The van der Waals surface area contributed by atoms with Crippen LogP contribution in [0.3, 0.4) is 0 Å². The fourth-order valence-electron chi connectivity index (χ4n) is 2.27. The normalized spacial score (nSPS) is 11.7. The van der Waals surface area contributed by atoms with Gasteiger partial charge in [-0.15, -0.1) is 9.79 Å². The highest BCUT2D eigenvalue weighted by Crippen LogP contribution is 2.30. The highest BCUT2D eigenvalue weighted by atomic mass is 31.2. The molecule has 0 radical (unpaired) electrons. The first kappa shape index (κ1) is 22.3. The van der Waals surface area contributed by atoms with Crippen molar-refractivity contribution in [3.63, 3.8) is 0 Å². The molecular weight excluding hydrogens is 378 g/mol. The van der Waals surface area contributed by atoms with E-state index in [0.29, 0.717) is 0 Å². The van der Waals surface area contributed by atoms with Gasteiger partial charge in [0.25, 0.3) is 0 Å². The summed E-state index contributed by atoms with van der Waals surface area (Å²) in [6.45, 7) is 8.51. The highest BCUT2D eigenvalue weighted by Gasteiger charge is 2.31. The highest BCUT2D eigenvalue weighted by molar-refractivity contribution is 7.46. The Labute approximate surface area is 154 Å². The van der Waals surface area contributed by atoms with Gasteiger partial charge in [-0.1, -0.05) is 13.8 Å². The molecule has 0 saturated carbocycles. The third kappa shape index (κ3) is 8.10. The standard InChI is InChI=1S/C15H22N4.O5P2/c1-3-19(4-2)10-9-18-15-7-8-17-14-6-5-12(16)11-13(14)15;1-6(2)5-7(3)4/h5-8,11H,3-4,9-10,16H2,1-2H3,(H,17,18);/p+2. The van der Waals surface area contributed by atoms with Crippen molar-refractivity contribution < 1.29 is 23.2 Å². The first-order valence-corrected chi connectivity index (χ1v) is 10.2. The van der Waals surface area contributed by atoms with Crippen LogP contribution in [0.2, 0.25) is 0 Å². The second kappa shape index (κ2) is 11.8. The number of hydrogen-bond acceptors (Lipinski definition) is 7. The van der Waals surface area contributed by atoms with Crippen molar-refractivity contribution >= 4 is 38.8 Å². The van der Waals surface area contributed by atoms with Crippen LogP contribution in [0.5, 0.6) is 0 Å². The molecule has 0 aliphatic rings. The summed E-state index contributed by atoms with van der Waals surface area (Å²) in [7, 11) is -5.85. The third-order valence-corrected chi connectivity index (χ3v) is 4.66. The fourth-order valence-corrected chi connectivity index (χ4v) is 2.74. The monoisotopic (exact) mass is 402 g/mol. The van der Waals surface area contributed by atoms with Crippen molar-refractivity contribution in [2.24, 2.45) is 0 Å². The Kier molecular flexibility index (Phi) is 10.1. The van der Waals surface area contributed by atoms with Gasteiger partial charge in [0.05, 0.1) is 5.52 Å². The average molecular weight is 402 g/mol. The van der Waals surface area contributed by atoms with Gasteiger partial charge in [-0.25, -0.2) is 0 Å². The third-order valence-electron chi connectivity index (χ3n) is 3.54. The molecule has 0 aliphatic carbocycles. The molecule has 11 heteroatoms. The van der Waals surface area contributed by atoms with Gasteiger partial charge in [-0.2, -0.15) is 0 Å². The van der Waals surface area contributed by atoms with Crippen LogP contribution in [-0.4, -0.2) is 45.8 Å². The van der Waals surface area contributed by atoms with Crippen molar-refractivity contribution in [3.05, 3.63) is 30.5 Å². The molecule has 0 fully saturated rings. The van der Waals surface area contributed by atoms with Gasteiger partial charge in [0.2, 0.25) is 0 Å². The fraction of sp³-hybridized carbons (Fsp3) is 0.400. The summed E-state index contributed by atoms with van der Waals surface area (Å²) in [5.41, 5.74) is 8.70. The molecule has 0 saturated heterocycles. The molecule has 142 valence electrons. The summed E-state index contributed by atoms with van der Waals surface area (Å²) in [5.74, 6) is 0. The van der Waals surface area contributed by atoms with E-state index in [4.69, 9.17) is 15.5 Å². The summed E-state index contributed by atoms with van der Waals surface area (Å²) < 4.78 is 22.2. The van der Waals surface area contributed by atoms with E-state index in [1.54, 1.807) is 0 Å². The molecule has 1 aromatic heterocycles. The molecule has 0 spiro atoms. The molecule has 9 nitrogen and oxygen atoms in total. The summed E-state index contributed by atoms with van der Waals surface area (Å²) in [5, 5.41) is 4.56. The van der Waals surface area contributed by atoms with E-state index in [1.807, 2.05) is 30.5 Å². The van der Waals surface area contributed by atoms with Crippen LogP contribution in [0.4, 0.5) is 11.4 Å². The number of nitrogens with one attached hydrogen (secondary N) is 1. The summed E-state index contributed by atoms with van der Waals surface area (Å²) >= 11 is 0. The maximum absolute atomic E-state index is 9.39. The number of nitrogens with zero attached hydrogens (tertiary/aromatic N) is 2. The van der Waals surface area contributed by atoms with Crippen LogP contribution in [0.25, 0.3) is 10.9 Å². The molecule has 0 bridgehead atoms. The number of benzene rings is 1. The van der Waals surface area contributed by atoms with E-state index >= 15 is 0 Å². The number of nitrogen functional groups attached to an aromatic ring is 1. The molecule has 2 aromatic rings. The molecule has 0 amide bonds. The van der Waals surface area contributed by atoms with Crippen LogP contribution in [0.15, 0.2) is 30.5 Å². The van der Waals surface area contributed by atoms with Gasteiger partial charge >= 0.3 is 16.5 Å². The van der Waals surface area contributed by atoms with E-state index in [2.05, 4.69) is 33.4 Å². The molecule has 5 N–H and O–H groups in total. The zero-order valence-corrected chi connectivity index (χ0v) is 16.5. The number of anilines is 2. The predicted molar refractivity (Wildman–Crippen MR) is 103 cm³/mol. The topological polar surface area (TPSA) is 138 Å². The van der Waals surface area contributed by atoms with Crippen LogP contribution in [-0.2, 0) is 13.4 Å². The van der Waals surface area contributed by atoms with Crippen molar-refractivity contribution in [2.45, 2.75) is 13.8 Å². The lowest BCUT2D eigenvalue weighted by atomic mass is 10.1. The van der Waals surface area contributed by atoms with E-state index in [9.17, 15) is 9.13 Å². The van der Waals surface area contributed by atoms with Crippen LogP contribution < -0.4 is 11.1 Å². The molecule has 1 heterocycles. The number of fused-ring (bicyclic) bond motifs is 1. The Bertz CT molecular complexity index is 731. The number of aromatic nitrogens is 1. The van der Waals surface area contributed by atoms with Crippen molar-refractivity contribution in [1.29, 1.82) is 0 Å². The molecular formula is C15H24N4O5P2+2. The SMILES string of the molecule is CCN(CC)CCNc1ccnc2ccc(N)cc12.O=[P+](O)O[P+](=O)O. The Morgan fingerprint density at radius 1 is 1.19 bits per heavy atom. The van der Waals surface area contributed by atoms with Gasteiger partial charge < -0.3 is 16.0 Å². The molecule has 2 unspecified atom stereocenters. The quantitative estimate of drug-likeness (QED) is 0.388. The van der Waals surface area contributed by atoms with Gasteiger partial charge in [-0.05, 0) is 37.4 Å². The molecule has 2 atom stereocenters. The lowest BCUT2D eigenvalue weighted by molar-refractivity contribution is 0.316. The maximum atomic E-state index is 9.39. The molecule has 0 aliphatic heterocycles. The maximum Gasteiger partial charge on any atom is 0.745 e. The van der Waals surface area contributed by atoms with Crippen LogP contribution >= 0.6 is 16.5 Å². The van der Waals surface area contributed by atoms with E-state index < -0.39 is 16.5 Å². The second-order valence-corrected chi connectivity index (χ2v) is 6.75. The Balaban J connectivity index is 0.000000412. The zero-order chi connectivity index (χ0) is 19.5. The van der Waals surface area contributed by atoms with Gasteiger partial charge in [0.1, 0.15) is 0 Å². The Morgan fingerprint density at radius 3 is 2.38 bits per heavy atom. The van der Waals surface area contributed by atoms with E-state index in [0.717, 1.165) is 48.5 Å². The Morgan fingerprint density at radius 2 is 1.85 bits per heavy atom. The van der Waals surface area contributed by atoms with Crippen LogP contribution in [0, 0.1) is 0 Å². The largest absolute Gasteiger partial charge is 0.745 e. The molecule has 2 rings (SSSR count). The zero-order valence-electron chi connectivity index (χ0n) is 14.7. The van der Waals surface area contributed by atoms with Gasteiger partial charge in [-0.3, -0.25) is 4.98 Å². The first-order valence-electron chi connectivity index (χ1n) is 7.98. The lowest BCUT2D eigenvalue weighted by Gasteiger charge is -2.18. The molecule has 1 aromatic carbocycles. The Hall–Kier alpha value is -1.73. The van der Waals surface area contributed by atoms with Crippen molar-refractivity contribution in [1.82, 2.24) is 9.88 Å². The summed E-state index contributed by atoms with van der Waals surface area (Å²) in [6, 6.07) is 7.82. The number of hydrogen-bond donors (Lipinski definition) is 4. The smallest absolute Gasteiger partial charge is 0.399 e. The molecule has 26 heavy (non-hydrogen) atoms.